The Morgan fingerprint density at radius 3 is 2.57 bits per heavy atom. The number of esters is 1. The Morgan fingerprint density at radius 2 is 1.82 bits per heavy atom. The lowest BCUT2D eigenvalue weighted by molar-refractivity contribution is -0.122. The molecule has 0 fully saturated rings. The van der Waals surface area contributed by atoms with Crippen molar-refractivity contribution in [1.82, 2.24) is 0 Å². The molecule has 1 aliphatic heterocycles. The molecule has 1 aliphatic rings. The number of nitrogens with zero attached hydrogens (tertiary/aromatic N) is 1. The summed E-state index contributed by atoms with van der Waals surface area (Å²) in [6.07, 6.45) is 0.246. The highest BCUT2D eigenvalue weighted by atomic mass is 32.2. The quantitative estimate of drug-likeness (QED) is 0.751. The Labute approximate surface area is 168 Å². The predicted molar refractivity (Wildman–Crippen MR) is 110 cm³/mol. The van der Waals surface area contributed by atoms with Crippen molar-refractivity contribution >= 4 is 40.9 Å². The number of carbonyl (C=O) groups is 3. The maximum absolute atomic E-state index is 12.6. The van der Waals surface area contributed by atoms with Gasteiger partial charge in [-0.15, -0.1) is 11.8 Å². The van der Waals surface area contributed by atoms with Crippen molar-refractivity contribution in [2.45, 2.75) is 24.7 Å². The maximum atomic E-state index is 12.6. The standard InChI is InChI=1S/C21H22N2O4S/c1-2-27-21(26)15-7-9-16(10-8-15)22-19(24)11-12-20(25)23-13-14-28-18-6-4-3-5-17(18)23/h3-10H,2,11-14H2,1H3,(H,22,24). The van der Waals surface area contributed by atoms with Gasteiger partial charge in [0.25, 0.3) is 0 Å². The smallest absolute Gasteiger partial charge is 0.338 e. The fourth-order valence-corrected chi connectivity index (χ4v) is 3.91. The van der Waals surface area contributed by atoms with Gasteiger partial charge >= 0.3 is 5.97 Å². The van der Waals surface area contributed by atoms with Crippen molar-refractivity contribution < 1.29 is 19.1 Å². The van der Waals surface area contributed by atoms with Crippen LogP contribution >= 0.6 is 11.8 Å². The SMILES string of the molecule is CCOC(=O)c1ccc(NC(=O)CCC(=O)N2CCSc3ccccc32)cc1. The number of hydrogen-bond acceptors (Lipinski definition) is 5. The van der Waals surface area contributed by atoms with Gasteiger partial charge in [0.05, 0.1) is 17.9 Å². The fraction of sp³-hybridized carbons (Fsp3) is 0.286. The Morgan fingerprint density at radius 1 is 1.07 bits per heavy atom. The van der Waals surface area contributed by atoms with E-state index in [1.807, 2.05) is 24.3 Å². The average molecular weight is 398 g/mol. The van der Waals surface area contributed by atoms with Crippen molar-refractivity contribution in [1.29, 1.82) is 0 Å². The third kappa shape index (κ3) is 4.92. The lowest BCUT2D eigenvalue weighted by Crippen LogP contribution is -2.35. The lowest BCUT2D eigenvalue weighted by atomic mass is 10.2. The summed E-state index contributed by atoms with van der Waals surface area (Å²) in [5.74, 6) is 0.158. The van der Waals surface area contributed by atoms with Crippen LogP contribution in [0.2, 0.25) is 0 Å². The molecular weight excluding hydrogens is 376 g/mol. The Kier molecular flexibility index (Phi) is 6.71. The molecule has 28 heavy (non-hydrogen) atoms. The van der Waals surface area contributed by atoms with E-state index in [0.29, 0.717) is 24.4 Å². The first-order chi connectivity index (χ1) is 13.6. The minimum Gasteiger partial charge on any atom is -0.462 e. The number of thioether (sulfide) groups is 1. The van der Waals surface area contributed by atoms with Crippen molar-refractivity contribution in [2.24, 2.45) is 0 Å². The van der Waals surface area contributed by atoms with Crippen LogP contribution in [0.3, 0.4) is 0 Å². The van der Waals surface area contributed by atoms with Crippen LogP contribution in [0, 0.1) is 0 Å². The molecule has 0 atom stereocenters. The van der Waals surface area contributed by atoms with E-state index in [0.717, 1.165) is 16.3 Å². The number of rotatable bonds is 6. The number of benzene rings is 2. The molecule has 2 aromatic carbocycles. The normalized spacial score (nSPS) is 12.8. The van der Waals surface area contributed by atoms with Crippen LogP contribution in [-0.2, 0) is 14.3 Å². The van der Waals surface area contributed by atoms with Crippen LogP contribution in [0.25, 0.3) is 0 Å². The predicted octanol–water partition coefficient (Wildman–Crippen LogP) is 3.72. The van der Waals surface area contributed by atoms with E-state index in [1.54, 1.807) is 47.9 Å². The number of nitrogens with one attached hydrogen (secondary N) is 1. The molecule has 0 radical (unpaired) electrons. The molecule has 2 aromatic rings. The zero-order valence-corrected chi connectivity index (χ0v) is 16.5. The van der Waals surface area contributed by atoms with E-state index >= 15 is 0 Å². The number of para-hydroxylation sites is 1. The molecule has 0 bridgehead atoms. The third-order valence-electron chi connectivity index (χ3n) is 4.28. The van der Waals surface area contributed by atoms with Crippen LogP contribution in [0.5, 0.6) is 0 Å². The summed E-state index contributed by atoms with van der Waals surface area (Å²) in [7, 11) is 0. The summed E-state index contributed by atoms with van der Waals surface area (Å²) in [5, 5.41) is 2.75. The molecule has 6 nitrogen and oxygen atoms in total. The molecule has 0 unspecified atom stereocenters. The van der Waals surface area contributed by atoms with Gasteiger partial charge in [0.2, 0.25) is 11.8 Å². The van der Waals surface area contributed by atoms with Crippen molar-refractivity contribution in [3.8, 4) is 0 Å². The molecule has 0 saturated heterocycles. The summed E-state index contributed by atoms with van der Waals surface area (Å²) in [6, 6.07) is 14.3. The van der Waals surface area contributed by atoms with Crippen LogP contribution in [0.1, 0.15) is 30.1 Å². The summed E-state index contributed by atoms with van der Waals surface area (Å²) in [6.45, 7) is 2.71. The van der Waals surface area contributed by atoms with E-state index in [2.05, 4.69) is 5.32 Å². The molecule has 1 heterocycles. The van der Waals surface area contributed by atoms with E-state index in [1.165, 1.54) is 0 Å². The highest BCUT2D eigenvalue weighted by Gasteiger charge is 2.22. The van der Waals surface area contributed by atoms with Gasteiger partial charge in [-0.2, -0.15) is 0 Å². The number of anilines is 2. The van der Waals surface area contributed by atoms with Crippen LogP contribution in [-0.4, -0.2) is 36.7 Å². The van der Waals surface area contributed by atoms with Crippen LogP contribution < -0.4 is 10.2 Å². The van der Waals surface area contributed by atoms with E-state index < -0.39 is 5.97 Å². The summed E-state index contributed by atoms with van der Waals surface area (Å²) in [5.41, 5.74) is 1.92. The minimum absolute atomic E-state index is 0.0550. The molecular formula is C21H22N2O4S. The second-order valence-electron chi connectivity index (χ2n) is 6.21. The number of fused-ring (bicyclic) bond motifs is 1. The van der Waals surface area contributed by atoms with Gasteiger partial charge in [0.1, 0.15) is 0 Å². The average Bonchev–Trinajstić information content (AvgIpc) is 2.72. The Balaban J connectivity index is 1.52. The van der Waals surface area contributed by atoms with Gasteiger partial charge in [-0.25, -0.2) is 4.79 Å². The molecule has 146 valence electrons. The van der Waals surface area contributed by atoms with Crippen molar-refractivity contribution in [3.05, 3.63) is 54.1 Å². The van der Waals surface area contributed by atoms with Gasteiger partial charge in [-0.3, -0.25) is 9.59 Å². The number of carbonyl (C=O) groups excluding carboxylic acids is 3. The summed E-state index contributed by atoms with van der Waals surface area (Å²) >= 11 is 1.74. The van der Waals surface area contributed by atoms with E-state index in [-0.39, 0.29) is 24.7 Å². The Hall–Kier alpha value is -2.80. The number of ether oxygens (including phenoxy) is 1. The molecule has 0 aliphatic carbocycles. The summed E-state index contributed by atoms with van der Waals surface area (Å²) < 4.78 is 4.93. The highest BCUT2D eigenvalue weighted by Crippen LogP contribution is 2.34. The first kappa shape index (κ1) is 19.9. The third-order valence-corrected chi connectivity index (χ3v) is 5.32. The van der Waals surface area contributed by atoms with Gasteiger partial charge in [0, 0.05) is 35.7 Å². The van der Waals surface area contributed by atoms with Gasteiger partial charge in [-0.1, -0.05) is 12.1 Å². The Bertz CT molecular complexity index is 867. The van der Waals surface area contributed by atoms with Crippen molar-refractivity contribution in [3.63, 3.8) is 0 Å². The molecule has 0 aromatic heterocycles. The van der Waals surface area contributed by atoms with E-state index in [4.69, 9.17) is 4.74 Å². The topological polar surface area (TPSA) is 75.7 Å². The van der Waals surface area contributed by atoms with Gasteiger partial charge in [0.15, 0.2) is 0 Å². The monoisotopic (exact) mass is 398 g/mol. The fourth-order valence-electron chi connectivity index (χ4n) is 2.91. The van der Waals surface area contributed by atoms with Crippen molar-refractivity contribution in [2.75, 3.05) is 29.1 Å². The first-order valence-electron chi connectivity index (χ1n) is 9.17. The minimum atomic E-state index is -0.397. The van der Waals surface area contributed by atoms with E-state index in [9.17, 15) is 14.4 Å². The summed E-state index contributed by atoms with van der Waals surface area (Å²) in [4.78, 5) is 39.3. The number of hydrogen-bond donors (Lipinski definition) is 1. The second-order valence-corrected chi connectivity index (χ2v) is 7.34. The second kappa shape index (κ2) is 9.41. The largest absolute Gasteiger partial charge is 0.462 e. The molecule has 2 amide bonds. The highest BCUT2D eigenvalue weighted by molar-refractivity contribution is 7.99. The molecule has 7 heteroatoms. The molecule has 1 N–H and O–H groups in total. The first-order valence-corrected chi connectivity index (χ1v) is 10.2. The van der Waals surface area contributed by atoms with Crippen LogP contribution in [0.15, 0.2) is 53.4 Å². The molecule has 3 rings (SSSR count). The van der Waals surface area contributed by atoms with Crippen LogP contribution in [0.4, 0.5) is 11.4 Å². The zero-order valence-electron chi connectivity index (χ0n) is 15.6. The maximum Gasteiger partial charge on any atom is 0.338 e. The lowest BCUT2D eigenvalue weighted by Gasteiger charge is -2.29. The molecule has 0 spiro atoms. The molecule has 0 saturated carbocycles. The van der Waals surface area contributed by atoms with Gasteiger partial charge in [-0.05, 0) is 43.3 Å². The number of amides is 2. The zero-order chi connectivity index (χ0) is 19.9. The van der Waals surface area contributed by atoms with Gasteiger partial charge < -0.3 is 15.0 Å².